The highest BCUT2D eigenvalue weighted by molar-refractivity contribution is 5.86. The molecule has 1 aliphatic rings. The Balaban J connectivity index is 2.05. The number of hydrogen-bond acceptors (Lipinski definition) is 3. The summed E-state index contributed by atoms with van der Waals surface area (Å²) < 4.78 is 37.6. The molecule has 1 aromatic rings. The number of hydrogen-bond donors (Lipinski definition) is 1. The number of carbonyl (C=O) groups is 1. The molecule has 0 aliphatic carbocycles. The molecular weight excluding hydrogens is 261 g/mol. The van der Waals surface area contributed by atoms with Crippen molar-refractivity contribution >= 4 is 11.7 Å². The Hall–Kier alpha value is -1.79. The van der Waals surface area contributed by atoms with Gasteiger partial charge in [-0.3, -0.25) is 0 Å². The SMILES string of the molecule is O=C(O)c1cc(N2CCC(C(F)(F)F)CC2)ccn1. The fraction of sp³-hybridized carbons (Fsp3) is 0.500. The Morgan fingerprint density at radius 1 is 1.37 bits per heavy atom. The van der Waals surface area contributed by atoms with E-state index < -0.39 is 18.1 Å². The molecule has 1 fully saturated rings. The standard InChI is InChI=1S/C12H13F3N2O2/c13-12(14,15)8-2-5-17(6-3-8)9-1-4-16-10(7-9)11(18)19/h1,4,7-8H,2-3,5-6H2,(H,18,19). The highest BCUT2D eigenvalue weighted by atomic mass is 19.4. The minimum Gasteiger partial charge on any atom is -0.477 e. The molecule has 19 heavy (non-hydrogen) atoms. The Morgan fingerprint density at radius 2 is 2.00 bits per heavy atom. The van der Waals surface area contributed by atoms with Gasteiger partial charge in [-0.05, 0) is 25.0 Å². The maximum absolute atomic E-state index is 12.5. The summed E-state index contributed by atoms with van der Waals surface area (Å²) in [4.78, 5) is 16.2. The molecule has 0 saturated carbocycles. The zero-order chi connectivity index (χ0) is 14.0. The zero-order valence-electron chi connectivity index (χ0n) is 10.0. The number of pyridine rings is 1. The molecule has 0 spiro atoms. The Bertz CT molecular complexity index is 468. The van der Waals surface area contributed by atoms with Gasteiger partial charge in [0.1, 0.15) is 5.69 Å². The summed E-state index contributed by atoms with van der Waals surface area (Å²) in [5.41, 5.74) is 0.503. The van der Waals surface area contributed by atoms with Gasteiger partial charge in [0.05, 0.1) is 5.92 Å². The van der Waals surface area contributed by atoms with Gasteiger partial charge in [0.2, 0.25) is 0 Å². The number of aromatic nitrogens is 1. The number of nitrogens with zero attached hydrogens (tertiary/aromatic N) is 2. The lowest BCUT2D eigenvalue weighted by molar-refractivity contribution is -0.179. The number of alkyl halides is 3. The first-order chi connectivity index (χ1) is 8.88. The predicted molar refractivity (Wildman–Crippen MR) is 62.2 cm³/mol. The van der Waals surface area contributed by atoms with Crippen molar-refractivity contribution < 1.29 is 23.1 Å². The summed E-state index contributed by atoms with van der Waals surface area (Å²) in [7, 11) is 0. The summed E-state index contributed by atoms with van der Waals surface area (Å²) in [6.07, 6.45) is -2.71. The van der Waals surface area contributed by atoms with E-state index in [1.54, 1.807) is 11.0 Å². The zero-order valence-corrected chi connectivity index (χ0v) is 10.0. The monoisotopic (exact) mass is 274 g/mol. The molecule has 4 nitrogen and oxygen atoms in total. The van der Waals surface area contributed by atoms with Crippen LogP contribution in [0.1, 0.15) is 23.3 Å². The average molecular weight is 274 g/mol. The highest BCUT2D eigenvalue weighted by Gasteiger charge is 2.41. The second-order valence-corrected chi connectivity index (χ2v) is 4.51. The van der Waals surface area contributed by atoms with Gasteiger partial charge in [0.25, 0.3) is 0 Å². The van der Waals surface area contributed by atoms with Crippen molar-refractivity contribution in [3.8, 4) is 0 Å². The van der Waals surface area contributed by atoms with Gasteiger partial charge in [-0.1, -0.05) is 0 Å². The van der Waals surface area contributed by atoms with E-state index in [1.165, 1.54) is 12.3 Å². The highest BCUT2D eigenvalue weighted by Crippen LogP contribution is 2.35. The van der Waals surface area contributed by atoms with Crippen molar-refractivity contribution in [3.63, 3.8) is 0 Å². The van der Waals surface area contributed by atoms with Crippen LogP contribution in [0.3, 0.4) is 0 Å². The van der Waals surface area contributed by atoms with Crippen molar-refractivity contribution in [2.75, 3.05) is 18.0 Å². The van der Waals surface area contributed by atoms with Crippen LogP contribution in [0.25, 0.3) is 0 Å². The van der Waals surface area contributed by atoms with Crippen LogP contribution in [0, 0.1) is 5.92 Å². The molecule has 0 atom stereocenters. The number of piperidine rings is 1. The van der Waals surface area contributed by atoms with Crippen molar-refractivity contribution in [2.45, 2.75) is 19.0 Å². The van der Waals surface area contributed by atoms with Crippen LogP contribution < -0.4 is 4.90 Å². The summed E-state index contributed by atoms with van der Waals surface area (Å²) in [5, 5.41) is 8.83. The third kappa shape index (κ3) is 3.15. The van der Waals surface area contributed by atoms with Crippen LogP contribution >= 0.6 is 0 Å². The number of halogens is 3. The quantitative estimate of drug-likeness (QED) is 0.900. The molecular formula is C12H13F3N2O2. The summed E-state index contributed by atoms with van der Waals surface area (Å²) >= 11 is 0. The normalized spacial score (nSPS) is 17.5. The van der Waals surface area contributed by atoms with E-state index in [4.69, 9.17) is 5.11 Å². The number of rotatable bonds is 2. The van der Waals surface area contributed by atoms with E-state index in [1.807, 2.05) is 0 Å². The molecule has 104 valence electrons. The Labute approximate surface area is 107 Å². The van der Waals surface area contributed by atoms with Gasteiger partial charge in [-0.15, -0.1) is 0 Å². The molecule has 1 saturated heterocycles. The van der Waals surface area contributed by atoms with E-state index in [-0.39, 0.29) is 31.6 Å². The van der Waals surface area contributed by atoms with E-state index >= 15 is 0 Å². The average Bonchev–Trinajstić information content (AvgIpc) is 2.38. The molecule has 0 bridgehead atoms. The summed E-state index contributed by atoms with van der Waals surface area (Å²) in [6, 6.07) is 3.00. The largest absolute Gasteiger partial charge is 0.477 e. The lowest BCUT2D eigenvalue weighted by atomic mass is 9.96. The second-order valence-electron chi connectivity index (χ2n) is 4.51. The van der Waals surface area contributed by atoms with Gasteiger partial charge in [-0.2, -0.15) is 13.2 Å². The maximum Gasteiger partial charge on any atom is 0.391 e. The van der Waals surface area contributed by atoms with Crippen molar-refractivity contribution in [2.24, 2.45) is 5.92 Å². The van der Waals surface area contributed by atoms with Gasteiger partial charge in [0, 0.05) is 25.0 Å². The molecule has 2 heterocycles. The Morgan fingerprint density at radius 3 is 2.53 bits per heavy atom. The van der Waals surface area contributed by atoms with Crippen LogP contribution in [-0.4, -0.2) is 35.3 Å². The summed E-state index contributed by atoms with van der Waals surface area (Å²) in [5.74, 6) is -2.41. The Kier molecular flexibility index (Phi) is 3.64. The van der Waals surface area contributed by atoms with E-state index in [0.717, 1.165) is 0 Å². The summed E-state index contributed by atoms with van der Waals surface area (Å²) in [6.45, 7) is 0.542. The van der Waals surface area contributed by atoms with Gasteiger partial charge in [-0.25, -0.2) is 9.78 Å². The topological polar surface area (TPSA) is 53.4 Å². The first-order valence-corrected chi connectivity index (χ1v) is 5.89. The number of carboxylic acids is 1. The van der Waals surface area contributed by atoms with Gasteiger partial charge >= 0.3 is 12.1 Å². The smallest absolute Gasteiger partial charge is 0.391 e. The third-order valence-corrected chi connectivity index (χ3v) is 3.29. The number of carboxylic acid groups (broad SMARTS) is 1. The van der Waals surface area contributed by atoms with Gasteiger partial charge in [0.15, 0.2) is 0 Å². The van der Waals surface area contributed by atoms with E-state index in [9.17, 15) is 18.0 Å². The molecule has 0 unspecified atom stereocenters. The molecule has 1 aromatic heterocycles. The molecule has 0 amide bonds. The molecule has 1 aliphatic heterocycles. The number of anilines is 1. The minimum absolute atomic E-state index is 0.0359. The first-order valence-electron chi connectivity index (χ1n) is 5.89. The van der Waals surface area contributed by atoms with Crippen LogP contribution in [-0.2, 0) is 0 Å². The first kappa shape index (κ1) is 13.6. The maximum atomic E-state index is 12.5. The minimum atomic E-state index is -4.14. The van der Waals surface area contributed by atoms with Crippen molar-refractivity contribution in [3.05, 3.63) is 24.0 Å². The lowest BCUT2D eigenvalue weighted by Gasteiger charge is -2.34. The van der Waals surface area contributed by atoms with Crippen LogP contribution in [0.2, 0.25) is 0 Å². The molecule has 2 rings (SSSR count). The molecule has 7 heteroatoms. The van der Waals surface area contributed by atoms with Gasteiger partial charge < -0.3 is 10.0 Å². The van der Waals surface area contributed by atoms with Crippen LogP contribution in [0.5, 0.6) is 0 Å². The van der Waals surface area contributed by atoms with E-state index in [2.05, 4.69) is 4.98 Å². The third-order valence-electron chi connectivity index (χ3n) is 3.29. The van der Waals surface area contributed by atoms with E-state index in [0.29, 0.717) is 5.69 Å². The van der Waals surface area contributed by atoms with Crippen molar-refractivity contribution in [1.29, 1.82) is 0 Å². The van der Waals surface area contributed by atoms with Crippen molar-refractivity contribution in [1.82, 2.24) is 4.98 Å². The fourth-order valence-electron chi connectivity index (χ4n) is 2.20. The van der Waals surface area contributed by atoms with Crippen LogP contribution in [0.15, 0.2) is 18.3 Å². The molecule has 0 radical (unpaired) electrons. The number of aromatic carboxylic acids is 1. The lowest BCUT2D eigenvalue weighted by Crippen LogP contribution is -2.39. The predicted octanol–water partition coefficient (Wildman–Crippen LogP) is 2.56. The fourth-order valence-corrected chi connectivity index (χ4v) is 2.20. The molecule has 1 N–H and O–H groups in total. The molecule has 0 aromatic carbocycles. The van der Waals surface area contributed by atoms with Crippen LogP contribution in [0.4, 0.5) is 18.9 Å². The second kappa shape index (κ2) is 5.07.